The van der Waals surface area contributed by atoms with Crippen LogP contribution in [-0.2, 0) is 0 Å². The van der Waals surface area contributed by atoms with Crippen LogP contribution in [0.5, 0.6) is 0 Å². The van der Waals surface area contributed by atoms with E-state index in [1.54, 1.807) is 19.1 Å². The summed E-state index contributed by atoms with van der Waals surface area (Å²) >= 11 is 0. The molecule has 1 saturated heterocycles. The second-order valence-electron chi connectivity index (χ2n) is 9.56. The average molecular weight is 405 g/mol. The number of hydrogen-bond acceptors (Lipinski definition) is 2. The van der Waals surface area contributed by atoms with E-state index in [4.69, 9.17) is 0 Å². The Morgan fingerprint density at radius 1 is 1.14 bits per heavy atom. The summed E-state index contributed by atoms with van der Waals surface area (Å²) in [5, 5.41) is 9.77. The number of amides is 2. The molecule has 1 aliphatic heterocycles. The summed E-state index contributed by atoms with van der Waals surface area (Å²) in [5.41, 5.74) is 0.430. The number of carbonyl (C=O) groups excluding carboxylic acids is 1. The quantitative estimate of drug-likeness (QED) is 0.764. The first-order valence-corrected chi connectivity index (χ1v) is 10.7. The molecule has 29 heavy (non-hydrogen) atoms. The van der Waals surface area contributed by atoms with Crippen LogP contribution in [0, 0.1) is 18.2 Å². The van der Waals surface area contributed by atoms with E-state index in [0.717, 1.165) is 32.1 Å². The first kappa shape index (κ1) is 21.6. The zero-order valence-electron chi connectivity index (χ0n) is 17.9. The summed E-state index contributed by atoms with van der Waals surface area (Å²) in [6.07, 6.45) is 4.79. The van der Waals surface area contributed by atoms with E-state index >= 15 is 0 Å². The summed E-state index contributed by atoms with van der Waals surface area (Å²) < 4.78 is 14.2. The van der Waals surface area contributed by atoms with Crippen LogP contribution in [0.25, 0.3) is 0 Å². The molecule has 2 fully saturated rings. The summed E-state index contributed by atoms with van der Waals surface area (Å²) in [4.78, 5) is 29.1. The van der Waals surface area contributed by atoms with Crippen LogP contribution < -0.4 is 0 Å². The van der Waals surface area contributed by atoms with Gasteiger partial charge in [0.25, 0.3) is 5.91 Å². The molecule has 0 aromatic heterocycles. The van der Waals surface area contributed by atoms with Crippen LogP contribution in [0.1, 0.15) is 75.2 Å². The van der Waals surface area contributed by atoms with E-state index in [-0.39, 0.29) is 35.3 Å². The van der Waals surface area contributed by atoms with Crippen molar-refractivity contribution in [2.75, 3.05) is 6.54 Å². The fourth-order valence-electron chi connectivity index (χ4n) is 5.25. The van der Waals surface area contributed by atoms with E-state index in [9.17, 15) is 19.1 Å². The van der Waals surface area contributed by atoms with Crippen molar-refractivity contribution in [3.8, 4) is 0 Å². The number of benzene rings is 1. The first-order valence-electron chi connectivity index (χ1n) is 10.7. The molecule has 160 valence electrons. The third kappa shape index (κ3) is 4.26. The number of hydrogen-bond donors (Lipinski definition) is 1. The van der Waals surface area contributed by atoms with Gasteiger partial charge in [0.1, 0.15) is 5.82 Å². The monoisotopic (exact) mass is 404 g/mol. The summed E-state index contributed by atoms with van der Waals surface area (Å²) in [6.45, 7) is 8.15. The molecule has 1 unspecified atom stereocenters. The fraction of sp³-hybridized carbons (Fsp3) is 0.652. The van der Waals surface area contributed by atoms with Gasteiger partial charge in [-0.2, -0.15) is 0 Å². The molecule has 0 spiro atoms. The minimum atomic E-state index is -0.939. The van der Waals surface area contributed by atoms with Gasteiger partial charge in [-0.25, -0.2) is 9.18 Å². The van der Waals surface area contributed by atoms with Gasteiger partial charge >= 0.3 is 6.09 Å². The van der Waals surface area contributed by atoms with Crippen LogP contribution in [0.2, 0.25) is 0 Å². The van der Waals surface area contributed by atoms with E-state index in [2.05, 4.69) is 0 Å². The van der Waals surface area contributed by atoms with Crippen LogP contribution in [0.3, 0.4) is 0 Å². The van der Waals surface area contributed by atoms with Crippen LogP contribution >= 0.6 is 0 Å². The van der Waals surface area contributed by atoms with Gasteiger partial charge in [0.2, 0.25) is 0 Å². The van der Waals surface area contributed by atoms with Gasteiger partial charge in [0, 0.05) is 18.2 Å². The Labute approximate surface area is 172 Å². The van der Waals surface area contributed by atoms with E-state index in [1.807, 2.05) is 25.7 Å². The zero-order valence-corrected chi connectivity index (χ0v) is 17.9. The van der Waals surface area contributed by atoms with Crippen molar-refractivity contribution >= 4 is 12.0 Å². The smallest absolute Gasteiger partial charge is 0.407 e. The molecule has 1 saturated carbocycles. The van der Waals surface area contributed by atoms with Gasteiger partial charge in [0.15, 0.2) is 0 Å². The predicted molar refractivity (Wildman–Crippen MR) is 111 cm³/mol. The number of halogens is 1. The minimum absolute atomic E-state index is 0.0718. The van der Waals surface area contributed by atoms with Gasteiger partial charge in [0.05, 0.1) is 12.1 Å². The number of nitrogens with zero attached hydrogens (tertiary/aromatic N) is 2. The van der Waals surface area contributed by atoms with Crippen LogP contribution in [0.4, 0.5) is 9.18 Å². The van der Waals surface area contributed by atoms with Crippen LogP contribution in [0.15, 0.2) is 18.2 Å². The van der Waals surface area contributed by atoms with Crippen molar-refractivity contribution in [3.05, 3.63) is 35.1 Å². The maximum Gasteiger partial charge on any atom is 0.407 e. The Bertz CT molecular complexity index is 768. The third-order valence-corrected chi connectivity index (χ3v) is 6.56. The van der Waals surface area contributed by atoms with E-state index in [0.29, 0.717) is 24.1 Å². The average Bonchev–Trinajstić information content (AvgIpc) is 3.10. The molecule has 6 heteroatoms. The molecule has 2 aliphatic rings. The lowest BCUT2D eigenvalue weighted by Crippen LogP contribution is -2.57. The maximum atomic E-state index is 14.2. The molecule has 0 bridgehead atoms. The third-order valence-electron chi connectivity index (χ3n) is 6.56. The molecule has 1 N–H and O–H groups in total. The van der Waals surface area contributed by atoms with Crippen molar-refractivity contribution in [1.82, 2.24) is 9.80 Å². The molecule has 5 nitrogen and oxygen atoms in total. The Morgan fingerprint density at radius 3 is 2.38 bits per heavy atom. The van der Waals surface area contributed by atoms with Gasteiger partial charge in [-0.15, -0.1) is 0 Å². The molecule has 1 aromatic carbocycles. The molecular formula is C23H33FN2O3. The van der Waals surface area contributed by atoms with Gasteiger partial charge in [-0.3, -0.25) is 4.79 Å². The molecule has 2 atom stereocenters. The summed E-state index contributed by atoms with van der Waals surface area (Å²) in [6, 6.07) is 4.21. The Kier molecular flexibility index (Phi) is 6.20. The predicted octanol–water partition coefficient (Wildman–Crippen LogP) is 5.08. The van der Waals surface area contributed by atoms with Crippen molar-refractivity contribution in [3.63, 3.8) is 0 Å². The van der Waals surface area contributed by atoms with Gasteiger partial charge in [-0.05, 0) is 49.3 Å². The van der Waals surface area contributed by atoms with Gasteiger partial charge in [-0.1, -0.05) is 46.1 Å². The van der Waals surface area contributed by atoms with Crippen molar-refractivity contribution in [2.45, 2.75) is 84.3 Å². The lowest BCUT2D eigenvalue weighted by molar-refractivity contribution is 0.0274. The second-order valence-corrected chi connectivity index (χ2v) is 9.56. The molecule has 1 heterocycles. The highest BCUT2D eigenvalue weighted by Crippen LogP contribution is 2.39. The fourth-order valence-corrected chi connectivity index (χ4v) is 5.25. The standard InChI is InChI=1S/C23H33FN2O3/c1-15-17(11-8-12-18(15)24)21(27)26(16-9-6-5-7-10-16)19-13-14-25(22(28)29)20(19)23(2,3)4/h8,11-12,16,19-20H,5-7,9-10,13-14H2,1-4H3,(H,28,29)/t19-,20?/m0/s1. The van der Waals surface area contributed by atoms with Crippen molar-refractivity contribution in [2.24, 2.45) is 5.41 Å². The summed E-state index contributed by atoms with van der Waals surface area (Å²) in [7, 11) is 0. The number of carbonyl (C=O) groups is 2. The molecule has 3 rings (SSSR count). The molecule has 2 amide bonds. The molecule has 0 radical (unpaired) electrons. The largest absolute Gasteiger partial charge is 0.465 e. The normalized spacial score (nSPS) is 23.3. The Morgan fingerprint density at radius 2 is 1.79 bits per heavy atom. The van der Waals surface area contributed by atoms with Crippen molar-refractivity contribution < 1.29 is 19.1 Å². The number of rotatable bonds is 3. The highest BCUT2D eigenvalue weighted by Gasteiger charge is 2.49. The minimum Gasteiger partial charge on any atom is -0.465 e. The lowest BCUT2D eigenvalue weighted by atomic mass is 9.80. The lowest BCUT2D eigenvalue weighted by Gasteiger charge is -2.45. The Hall–Kier alpha value is -2.11. The van der Waals surface area contributed by atoms with Gasteiger partial charge < -0.3 is 14.9 Å². The first-order chi connectivity index (χ1) is 13.6. The maximum absolute atomic E-state index is 14.2. The zero-order chi connectivity index (χ0) is 21.3. The van der Waals surface area contributed by atoms with Crippen molar-refractivity contribution in [1.29, 1.82) is 0 Å². The topological polar surface area (TPSA) is 60.9 Å². The summed E-state index contributed by atoms with van der Waals surface area (Å²) in [5.74, 6) is -0.550. The SMILES string of the molecule is Cc1c(F)cccc1C(=O)N(C1CCCCC1)[C@H]1CCN(C(=O)O)C1C(C)(C)C. The highest BCUT2D eigenvalue weighted by molar-refractivity contribution is 5.96. The molecule has 1 aromatic rings. The van der Waals surface area contributed by atoms with E-state index in [1.165, 1.54) is 11.0 Å². The van der Waals surface area contributed by atoms with E-state index < -0.39 is 6.09 Å². The number of likely N-dealkylation sites (tertiary alicyclic amines) is 1. The second kappa shape index (κ2) is 8.33. The Balaban J connectivity index is 2.04. The van der Waals surface area contributed by atoms with Crippen LogP contribution in [-0.4, -0.2) is 51.6 Å². The molecule has 1 aliphatic carbocycles. The number of carboxylic acid groups (broad SMARTS) is 1. The molecular weight excluding hydrogens is 371 g/mol. The highest BCUT2D eigenvalue weighted by atomic mass is 19.1.